The number of nitrogens with one attached hydrogen (secondary N) is 1. The molecule has 0 radical (unpaired) electrons. The van der Waals surface area contributed by atoms with E-state index in [0.717, 1.165) is 48.9 Å². The van der Waals surface area contributed by atoms with Gasteiger partial charge in [0.1, 0.15) is 0 Å². The van der Waals surface area contributed by atoms with Gasteiger partial charge in [-0.05, 0) is 45.7 Å². The van der Waals surface area contributed by atoms with Crippen molar-refractivity contribution in [1.82, 2.24) is 20.0 Å². The predicted octanol–water partition coefficient (Wildman–Crippen LogP) is 3.03. The number of likely N-dealkylation sites (tertiary alicyclic amines) is 1. The molecule has 1 unspecified atom stereocenters. The fraction of sp³-hybridized carbons (Fsp3) is 0.556. The van der Waals surface area contributed by atoms with Crippen LogP contribution in [0, 0.1) is 13.8 Å². The Bertz CT molecular complexity index is 718. The van der Waals surface area contributed by atoms with E-state index in [2.05, 4.69) is 17.3 Å². The van der Waals surface area contributed by atoms with Gasteiger partial charge in [-0.1, -0.05) is 11.6 Å². The maximum atomic E-state index is 12.3. The summed E-state index contributed by atoms with van der Waals surface area (Å²) in [5.41, 5.74) is 1.88. The molecule has 0 aromatic carbocycles. The van der Waals surface area contributed by atoms with Gasteiger partial charge in [0.05, 0.1) is 29.2 Å². The summed E-state index contributed by atoms with van der Waals surface area (Å²) in [6.07, 6.45) is 3.41. The maximum absolute atomic E-state index is 12.3. The number of aromatic nitrogens is 2. The largest absolute Gasteiger partial charge is 0.459 e. The van der Waals surface area contributed by atoms with Crippen LogP contribution in [-0.2, 0) is 6.54 Å². The standard InChI is InChI=1S/C18H25ClN4O2/c1-12(11-23-14(3)17(19)13(2)21-23)20-15-6-8-22(9-7-15)18(24)16-5-4-10-25-16/h4-5,10,12,15,20H,6-9,11H2,1-3H3. The first-order valence-electron chi connectivity index (χ1n) is 8.74. The first-order valence-corrected chi connectivity index (χ1v) is 9.12. The van der Waals surface area contributed by atoms with E-state index >= 15 is 0 Å². The van der Waals surface area contributed by atoms with Crippen molar-refractivity contribution in [2.75, 3.05) is 13.1 Å². The Morgan fingerprint density at radius 2 is 2.16 bits per heavy atom. The monoisotopic (exact) mass is 364 g/mol. The highest BCUT2D eigenvalue weighted by Gasteiger charge is 2.25. The summed E-state index contributed by atoms with van der Waals surface area (Å²) in [7, 11) is 0. The van der Waals surface area contributed by atoms with Gasteiger partial charge in [-0.2, -0.15) is 5.10 Å². The summed E-state index contributed by atoms with van der Waals surface area (Å²) in [6.45, 7) is 8.35. The van der Waals surface area contributed by atoms with Crippen LogP contribution in [0.25, 0.3) is 0 Å². The summed E-state index contributed by atoms with van der Waals surface area (Å²) < 4.78 is 7.16. The third-order valence-corrected chi connectivity index (χ3v) is 5.32. The molecule has 0 aliphatic carbocycles. The number of carbonyl (C=O) groups is 1. The molecule has 7 heteroatoms. The van der Waals surface area contributed by atoms with Gasteiger partial charge < -0.3 is 14.6 Å². The van der Waals surface area contributed by atoms with Crippen LogP contribution < -0.4 is 5.32 Å². The third kappa shape index (κ3) is 4.07. The highest BCUT2D eigenvalue weighted by molar-refractivity contribution is 6.31. The molecule has 0 bridgehead atoms. The third-order valence-electron chi connectivity index (χ3n) is 4.77. The molecule has 3 rings (SSSR count). The normalized spacial score (nSPS) is 17.0. The minimum atomic E-state index is -0.0196. The van der Waals surface area contributed by atoms with Crippen molar-refractivity contribution < 1.29 is 9.21 Å². The molecule has 1 aliphatic heterocycles. The molecular weight excluding hydrogens is 340 g/mol. The molecule has 0 spiro atoms. The lowest BCUT2D eigenvalue weighted by atomic mass is 10.0. The number of rotatable bonds is 5. The van der Waals surface area contributed by atoms with Crippen molar-refractivity contribution in [3.8, 4) is 0 Å². The van der Waals surface area contributed by atoms with Crippen molar-refractivity contribution in [3.63, 3.8) is 0 Å². The van der Waals surface area contributed by atoms with Crippen molar-refractivity contribution in [1.29, 1.82) is 0 Å². The van der Waals surface area contributed by atoms with Gasteiger partial charge in [0.15, 0.2) is 5.76 Å². The Hall–Kier alpha value is -1.79. The predicted molar refractivity (Wildman–Crippen MR) is 96.9 cm³/mol. The van der Waals surface area contributed by atoms with Crippen LogP contribution in [-0.4, -0.2) is 45.8 Å². The Balaban J connectivity index is 1.48. The molecule has 0 saturated carbocycles. The molecule has 136 valence electrons. The van der Waals surface area contributed by atoms with Crippen molar-refractivity contribution in [2.45, 2.75) is 52.2 Å². The number of furan rings is 1. The van der Waals surface area contributed by atoms with Gasteiger partial charge in [0, 0.05) is 25.2 Å². The zero-order chi connectivity index (χ0) is 18.0. The van der Waals surface area contributed by atoms with Gasteiger partial charge in [-0.15, -0.1) is 0 Å². The summed E-state index contributed by atoms with van der Waals surface area (Å²) >= 11 is 6.21. The van der Waals surface area contributed by atoms with Crippen molar-refractivity contribution in [3.05, 3.63) is 40.6 Å². The zero-order valence-electron chi connectivity index (χ0n) is 15.0. The maximum Gasteiger partial charge on any atom is 0.289 e. The van der Waals surface area contributed by atoms with Crippen LogP contribution in [0.1, 0.15) is 41.7 Å². The van der Waals surface area contributed by atoms with E-state index in [1.807, 2.05) is 23.4 Å². The zero-order valence-corrected chi connectivity index (χ0v) is 15.7. The van der Waals surface area contributed by atoms with Crippen LogP contribution in [0.15, 0.2) is 22.8 Å². The smallest absolute Gasteiger partial charge is 0.289 e. The number of halogens is 1. The van der Waals surface area contributed by atoms with E-state index in [0.29, 0.717) is 11.8 Å². The Morgan fingerprint density at radius 3 is 2.72 bits per heavy atom. The molecule has 2 aromatic rings. The van der Waals surface area contributed by atoms with E-state index in [1.54, 1.807) is 12.1 Å². The second-order valence-corrected chi connectivity index (χ2v) is 7.16. The molecule has 1 atom stereocenters. The van der Waals surface area contributed by atoms with Crippen LogP contribution in [0.4, 0.5) is 0 Å². The lowest BCUT2D eigenvalue weighted by Crippen LogP contribution is -2.48. The number of piperidine rings is 1. The van der Waals surface area contributed by atoms with E-state index in [-0.39, 0.29) is 11.9 Å². The van der Waals surface area contributed by atoms with E-state index in [9.17, 15) is 4.79 Å². The minimum absolute atomic E-state index is 0.0196. The molecule has 25 heavy (non-hydrogen) atoms. The number of amides is 1. The van der Waals surface area contributed by atoms with Crippen molar-refractivity contribution >= 4 is 17.5 Å². The number of hydrogen-bond acceptors (Lipinski definition) is 4. The topological polar surface area (TPSA) is 63.3 Å². The molecule has 1 amide bonds. The number of hydrogen-bond donors (Lipinski definition) is 1. The Labute approximate surface area is 153 Å². The number of carbonyl (C=O) groups excluding carboxylic acids is 1. The molecular formula is C18H25ClN4O2. The molecule has 1 N–H and O–H groups in total. The molecule has 2 aromatic heterocycles. The first kappa shape index (κ1) is 18.0. The number of nitrogens with zero attached hydrogens (tertiary/aromatic N) is 3. The first-order chi connectivity index (χ1) is 12.0. The fourth-order valence-corrected chi connectivity index (χ4v) is 3.51. The van der Waals surface area contributed by atoms with Gasteiger partial charge in [0.25, 0.3) is 5.91 Å². The molecule has 6 nitrogen and oxygen atoms in total. The van der Waals surface area contributed by atoms with Crippen LogP contribution >= 0.6 is 11.6 Å². The second-order valence-electron chi connectivity index (χ2n) is 6.78. The quantitative estimate of drug-likeness (QED) is 0.885. The Kier molecular flexibility index (Phi) is 5.49. The lowest BCUT2D eigenvalue weighted by Gasteiger charge is -2.33. The number of aryl methyl sites for hydroxylation is 1. The average molecular weight is 365 g/mol. The van der Waals surface area contributed by atoms with Gasteiger partial charge in [-0.3, -0.25) is 9.48 Å². The molecule has 1 saturated heterocycles. The van der Waals surface area contributed by atoms with Crippen LogP contribution in [0.5, 0.6) is 0 Å². The SMILES string of the molecule is Cc1nn(CC(C)NC2CCN(C(=O)c3ccco3)CC2)c(C)c1Cl. The van der Waals surface area contributed by atoms with E-state index < -0.39 is 0 Å². The van der Waals surface area contributed by atoms with Crippen LogP contribution in [0.2, 0.25) is 5.02 Å². The summed E-state index contributed by atoms with van der Waals surface area (Å²) in [4.78, 5) is 14.2. The van der Waals surface area contributed by atoms with Crippen LogP contribution in [0.3, 0.4) is 0 Å². The molecule has 1 fully saturated rings. The molecule has 1 aliphatic rings. The minimum Gasteiger partial charge on any atom is -0.459 e. The van der Waals surface area contributed by atoms with E-state index in [4.69, 9.17) is 16.0 Å². The summed E-state index contributed by atoms with van der Waals surface area (Å²) in [6, 6.07) is 4.15. The summed E-state index contributed by atoms with van der Waals surface area (Å²) in [5, 5.41) is 8.89. The second kappa shape index (κ2) is 7.62. The average Bonchev–Trinajstić information content (AvgIpc) is 3.21. The fourth-order valence-electron chi connectivity index (χ4n) is 3.37. The van der Waals surface area contributed by atoms with E-state index in [1.165, 1.54) is 6.26 Å². The lowest BCUT2D eigenvalue weighted by molar-refractivity contribution is 0.0669. The highest BCUT2D eigenvalue weighted by atomic mass is 35.5. The van der Waals surface area contributed by atoms with Gasteiger partial charge in [-0.25, -0.2) is 0 Å². The van der Waals surface area contributed by atoms with Gasteiger partial charge >= 0.3 is 0 Å². The summed E-state index contributed by atoms with van der Waals surface area (Å²) in [5.74, 6) is 0.398. The van der Waals surface area contributed by atoms with Gasteiger partial charge in [0.2, 0.25) is 0 Å². The highest BCUT2D eigenvalue weighted by Crippen LogP contribution is 2.19. The van der Waals surface area contributed by atoms with Crippen molar-refractivity contribution in [2.24, 2.45) is 0 Å². The Morgan fingerprint density at radius 1 is 1.44 bits per heavy atom. The molecule has 3 heterocycles.